The van der Waals surface area contributed by atoms with Crippen LogP contribution in [0.4, 0.5) is 13.2 Å². The Kier molecular flexibility index (Phi) is 4.94. The van der Waals surface area contributed by atoms with Gasteiger partial charge >= 0.3 is 6.18 Å². The molecule has 1 saturated carbocycles. The summed E-state index contributed by atoms with van der Waals surface area (Å²) < 4.78 is 74.3. The van der Waals surface area contributed by atoms with E-state index in [1.807, 2.05) is 6.07 Å². The predicted octanol–water partition coefficient (Wildman–Crippen LogP) is 4.61. The molecule has 0 amide bonds. The minimum absolute atomic E-state index is 0.0131. The molecule has 1 aliphatic carbocycles. The first-order chi connectivity index (χ1) is 15.6. The van der Waals surface area contributed by atoms with Gasteiger partial charge in [0, 0.05) is 12.6 Å². The summed E-state index contributed by atoms with van der Waals surface area (Å²) in [5.41, 5.74) is -0.564. The van der Waals surface area contributed by atoms with Crippen molar-refractivity contribution < 1.29 is 26.3 Å². The van der Waals surface area contributed by atoms with Crippen LogP contribution in [0.1, 0.15) is 42.4 Å². The SMILES string of the molecule is N#Cc1ccc(C(F)(F)F)c(Oc2ccc(C34CCC(CC3)N3CCS(=O)(=O)N=C34)cc2)c1. The highest BCUT2D eigenvalue weighted by molar-refractivity contribution is 7.90. The summed E-state index contributed by atoms with van der Waals surface area (Å²) in [6.45, 7) is 0.435. The van der Waals surface area contributed by atoms with Crippen LogP contribution >= 0.6 is 0 Å². The minimum atomic E-state index is -4.63. The number of hydrogen-bond donors (Lipinski definition) is 0. The molecule has 172 valence electrons. The molecule has 0 spiro atoms. The van der Waals surface area contributed by atoms with Crippen molar-refractivity contribution >= 4 is 15.9 Å². The molecule has 2 saturated heterocycles. The van der Waals surface area contributed by atoms with Gasteiger partial charge in [-0.05, 0) is 61.6 Å². The van der Waals surface area contributed by atoms with E-state index in [0.717, 1.165) is 49.4 Å². The van der Waals surface area contributed by atoms with Gasteiger partial charge in [0.25, 0.3) is 10.0 Å². The van der Waals surface area contributed by atoms with E-state index in [1.165, 1.54) is 0 Å². The number of hydrogen-bond acceptors (Lipinski definition) is 5. The molecule has 4 aliphatic rings. The monoisotopic (exact) mass is 475 g/mol. The Labute approximate surface area is 189 Å². The Hall–Kier alpha value is -3.06. The molecule has 3 heterocycles. The third-order valence-electron chi connectivity index (χ3n) is 6.82. The molecule has 2 aromatic rings. The summed E-state index contributed by atoms with van der Waals surface area (Å²) in [6.07, 6.45) is -1.21. The minimum Gasteiger partial charge on any atom is -0.457 e. The Balaban J connectivity index is 1.49. The number of rotatable bonds is 3. The van der Waals surface area contributed by atoms with Crippen LogP contribution in [-0.2, 0) is 21.6 Å². The second-order valence-electron chi connectivity index (χ2n) is 8.65. The quantitative estimate of drug-likeness (QED) is 0.648. The van der Waals surface area contributed by atoms with Gasteiger partial charge in [-0.25, -0.2) is 8.42 Å². The number of nitrogens with zero attached hydrogens (tertiary/aromatic N) is 3. The van der Waals surface area contributed by atoms with Crippen molar-refractivity contribution in [1.29, 1.82) is 5.26 Å². The molecular formula is C23H20F3N3O3S. The molecule has 0 N–H and O–H groups in total. The number of ether oxygens (including phenoxy) is 1. The predicted molar refractivity (Wildman–Crippen MR) is 115 cm³/mol. The van der Waals surface area contributed by atoms with Gasteiger partial charge in [0.2, 0.25) is 0 Å². The van der Waals surface area contributed by atoms with Gasteiger partial charge in [0.05, 0.1) is 28.4 Å². The fraction of sp³-hybridized carbons (Fsp3) is 0.391. The van der Waals surface area contributed by atoms with E-state index < -0.39 is 32.9 Å². The van der Waals surface area contributed by atoms with Crippen LogP contribution in [0.15, 0.2) is 46.9 Å². The fourth-order valence-electron chi connectivity index (χ4n) is 5.20. The number of benzene rings is 2. The van der Waals surface area contributed by atoms with Crippen LogP contribution in [0.25, 0.3) is 0 Å². The molecule has 0 unspecified atom stereocenters. The molecular weight excluding hydrogens is 455 g/mol. The lowest BCUT2D eigenvalue weighted by atomic mass is 9.63. The van der Waals surface area contributed by atoms with Crippen molar-refractivity contribution in [1.82, 2.24) is 4.90 Å². The van der Waals surface area contributed by atoms with Crippen LogP contribution in [0, 0.1) is 11.3 Å². The molecule has 33 heavy (non-hydrogen) atoms. The van der Waals surface area contributed by atoms with Gasteiger partial charge in [0.15, 0.2) is 0 Å². The van der Waals surface area contributed by atoms with Gasteiger partial charge in [-0.15, -0.1) is 4.40 Å². The number of amidine groups is 1. The number of sulfonamides is 1. The van der Waals surface area contributed by atoms with Gasteiger partial charge in [-0.1, -0.05) is 12.1 Å². The molecule has 2 bridgehead atoms. The molecule has 3 aliphatic heterocycles. The first-order valence-electron chi connectivity index (χ1n) is 10.6. The van der Waals surface area contributed by atoms with Gasteiger partial charge in [-0.3, -0.25) is 0 Å². The molecule has 6 nitrogen and oxygen atoms in total. The van der Waals surface area contributed by atoms with Crippen LogP contribution in [-0.4, -0.2) is 37.5 Å². The zero-order chi connectivity index (χ0) is 23.4. The van der Waals surface area contributed by atoms with Gasteiger partial charge < -0.3 is 9.64 Å². The van der Waals surface area contributed by atoms with Crippen molar-refractivity contribution in [2.24, 2.45) is 4.40 Å². The van der Waals surface area contributed by atoms with Gasteiger partial charge in [0.1, 0.15) is 17.3 Å². The number of piperidine rings is 2. The molecule has 10 heteroatoms. The van der Waals surface area contributed by atoms with E-state index >= 15 is 0 Å². The van der Waals surface area contributed by atoms with E-state index in [2.05, 4.69) is 9.30 Å². The van der Waals surface area contributed by atoms with Crippen LogP contribution in [0.3, 0.4) is 0 Å². The highest BCUT2D eigenvalue weighted by Crippen LogP contribution is 2.49. The second-order valence-corrected chi connectivity index (χ2v) is 10.4. The lowest BCUT2D eigenvalue weighted by Gasteiger charge is -2.55. The van der Waals surface area contributed by atoms with E-state index in [0.29, 0.717) is 18.4 Å². The Morgan fingerprint density at radius 2 is 1.82 bits per heavy atom. The average Bonchev–Trinajstić information content (AvgIpc) is 2.78. The summed E-state index contributed by atoms with van der Waals surface area (Å²) >= 11 is 0. The molecule has 0 aromatic heterocycles. The maximum absolute atomic E-state index is 13.4. The number of fused-ring (bicyclic) bond motifs is 2. The highest BCUT2D eigenvalue weighted by atomic mass is 32.2. The zero-order valence-electron chi connectivity index (χ0n) is 17.5. The average molecular weight is 475 g/mol. The van der Waals surface area contributed by atoms with Crippen molar-refractivity contribution in [3.8, 4) is 17.6 Å². The largest absolute Gasteiger partial charge is 0.457 e. The normalized spacial score (nSPS) is 25.7. The van der Waals surface area contributed by atoms with Crippen molar-refractivity contribution in [2.75, 3.05) is 12.3 Å². The summed E-state index contributed by atoms with van der Waals surface area (Å²) in [7, 11) is -3.51. The van der Waals surface area contributed by atoms with Crippen LogP contribution in [0.2, 0.25) is 0 Å². The molecule has 0 atom stereocenters. The van der Waals surface area contributed by atoms with Crippen molar-refractivity contribution in [3.63, 3.8) is 0 Å². The van der Waals surface area contributed by atoms with E-state index in [9.17, 15) is 21.6 Å². The Morgan fingerprint density at radius 1 is 1.12 bits per heavy atom. The molecule has 3 fully saturated rings. The van der Waals surface area contributed by atoms with Crippen LogP contribution in [0.5, 0.6) is 11.5 Å². The number of alkyl halides is 3. The first kappa shape index (κ1) is 21.8. The first-order valence-corrected chi connectivity index (χ1v) is 12.2. The maximum Gasteiger partial charge on any atom is 0.419 e. The lowest BCUT2D eigenvalue weighted by Crippen LogP contribution is -2.62. The lowest BCUT2D eigenvalue weighted by molar-refractivity contribution is -0.138. The van der Waals surface area contributed by atoms with Crippen molar-refractivity contribution in [3.05, 3.63) is 59.2 Å². The summed E-state index contributed by atoms with van der Waals surface area (Å²) in [4.78, 5) is 2.11. The summed E-state index contributed by atoms with van der Waals surface area (Å²) in [5.74, 6) is 0.347. The Morgan fingerprint density at radius 3 is 2.45 bits per heavy atom. The molecule has 6 rings (SSSR count). The second kappa shape index (κ2) is 7.48. The third kappa shape index (κ3) is 3.74. The standard InChI is InChI=1S/C23H20F3N3O3S/c24-23(25,26)19-6-1-15(14-27)13-20(19)32-18-4-2-16(3-5-18)22-9-7-17(8-10-22)29-11-12-33(30,31)28-21(22)29/h1-6,13,17H,7-12H2. The highest BCUT2D eigenvalue weighted by Gasteiger charge is 2.52. The van der Waals surface area contributed by atoms with E-state index in [1.54, 1.807) is 24.3 Å². The van der Waals surface area contributed by atoms with E-state index in [-0.39, 0.29) is 17.1 Å². The summed E-state index contributed by atoms with van der Waals surface area (Å²) in [5, 5.41) is 9.05. The Bertz CT molecular complexity index is 1270. The maximum atomic E-state index is 13.4. The fourth-order valence-corrected chi connectivity index (χ4v) is 6.26. The van der Waals surface area contributed by atoms with Crippen molar-refractivity contribution in [2.45, 2.75) is 43.3 Å². The zero-order valence-corrected chi connectivity index (χ0v) is 18.3. The van der Waals surface area contributed by atoms with Crippen LogP contribution < -0.4 is 4.74 Å². The molecule has 0 radical (unpaired) electrons. The molecule has 2 aromatic carbocycles. The van der Waals surface area contributed by atoms with Gasteiger partial charge in [-0.2, -0.15) is 18.4 Å². The summed E-state index contributed by atoms with van der Waals surface area (Å²) in [6, 6.07) is 11.8. The van der Waals surface area contributed by atoms with E-state index in [4.69, 9.17) is 10.00 Å². The smallest absolute Gasteiger partial charge is 0.419 e. The number of halogens is 3. The third-order valence-corrected chi connectivity index (χ3v) is 7.97. The topological polar surface area (TPSA) is 82.8 Å². The number of nitriles is 1.